The largest absolute Gasteiger partial charge is 0.374 e. The van der Waals surface area contributed by atoms with Crippen LogP contribution in [0.5, 0.6) is 0 Å². The van der Waals surface area contributed by atoms with Gasteiger partial charge in [-0.25, -0.2) is 0 Å². The molecule has 1 unspecified atom stereocenters. The first-order chi connectivity index (χ1) is 6.15. The number of carbonyl (C=O) groups excluding carboxylic acids is 1. The lowest BCUT2D eigenvalue weighted by atomic mass is 10.1. The molecule has 1 amide bonds. The van der Waals surface area contributed by atoms with Gasteiger partial charge in [-0.15, -0.1) is 0 Å². The second-order valence-corrected chi connectivity index (χ2v) is 4.19. The van der Waals surface area contributed by atoms with Gasteiger partial charge >= 0.3 is 0 Å². The van der Waals surface area contributed by atoms with E-state index in [9.17, 15) is 4.79 Å². The Kier molecular flexibility index (Phi) is 4.19. The summed E-state index contributed by atoms with van der Waals surface area (Å²) in [6, 6.07) is 0. The average molecular weight is 250 g/mol. The summed E-state index contributed by atoms with van der Waals surface area (Å²) in [5.41, 5.74) is 0. The number of halogens is 1. The zero-order valence-corrected chi connectivity index (χ0v) is 9.71. The fourth-order valence-corrected chi connectivity index (χ4v) is 1.74. The highest BCUT2D eigenvalue weighted by Gasteiger charge is 2.25. The lowest BCUT2D eigenvalue weighted by Gasteiger charge is -2.34. The maximum Gasteiger partial charge on any atom is 0.233 e. The van der Waals surface area contributed by atoms with Gasteiger partial charge in [0, 0.05) is 13.1 Å². The molecule has 1 aliphatic heterocycles. The summed E-state index contributed by atoms with van der Waals surface area (Å²) in [6.07, 6.45) is 0.205. The van der Waals surface area contributed by atoms with E-state index < -0.39 is 0 Å². The second-order valence-electron chi connectivity index (χ2n) is 3.63. The van der Waals surface area contributed by atoms with Crippen molar-refractivity contribution in [1.82, 2.24) is 4.90 Å². The van der Waals surface area contributed by atoms with Crippen LogP contribution in [0.1, 0.15) is 13.8 Å². The van der Waals surface area contributed by atoms with Crippen molar-refractivity contribution in [3.8, 4) is 0 Å². The molecule has 0 aromatic carbocycles. The van der Waals surface area contributed by atoms with Gasteiger partial charge in [0.1, 0.15) is 0 Å². The molecule has 0 saturated carbocycles. The van der Waals surface area contributed by atoms with E-state index in [0.29, 0.717) is 17.9 Å². The summed E-state index contributed by atoms with van der Waals surface area (Å²) >= 11 is 3.18. The Bertz CT molecular complexity index is 184. The molecule has 0 spiro atoms. The highest BCUT2D eigenvalue weighted by atomic mass is 79.9. The molecule has 3 nitrogen and oxygen atoms in total. The Balaban J connectivity index is 2.46. The standard InChI is InChI=1S/C9H16BrNO2/c1-7(2)8-6-11(3-4-13-8)9(12)5-10/h7-8H,3-6H2,1-2H3. The van der Waals surface area contributed by atoms with Gasteiger partial charge in [-0.3, -0.25) is 4.79 Å². The molecular formula is C9H16BrNO2. The summed E-state index contributed by atoms with van der Waals surface area (Å²) in [5.74, 6) is 0.639. The maximum atomic E-state index is 11.4. The predicted octanol–water partition coefficient (Wildman–Crippen LogP) is 1.26. The molecule has 1 fully saturated rings. The first-order valence-corrected chi connectivity index (χ1v) is 5.72. The maximum absolute atomic E-state index is 11.4. The fourth-order valence-electron chi connectivity index (χ4n) is 1.39. The highest BCUT2D eigenvalue weighted by molar-refractivity contribution is 9.09. The minimum absolute atomic E-state index is 0.161. The number of hydrogen-bond acceptors (Lipinski definition) is 2. The molecule has 13 heavy (non-hydrogen) atoms. The number of rotatable bonds is 2. The molecule has 0 aromatic rings. The van der Waals surface area contributed by atoms with E-state index in [2.05, 4.69) is 29.8 Å². The van der Waals surface area contributed by atoms with Crippen molar-refractivity contribution in [2.45, 2.75) is 20.0 Å². The molecule has 1 rings (SSSR count). The minimum atomic E-state index is 0.161. The number of hydrogen-bond donors (Lipinski definition) is 0. The van der Waals surface area contributed by atoms with E-state index >= 15 is 0 Å². The summed E-state index contributed by atoms with van der Waals surface area (Å²) in [4.78, 5) is 13.2. The van der Waals surface area contributed by atoms with Crippen LogP contribution in [0, 0.1) is 5.92 Å². The SMILES string of the molecule is CC(C)C1CN(C(=O)CBr)CCO1. The van der Waals surface area contributed by atoms with Gasteiger partial charge in [-0.1, -0.05) is 29.8 Å². The van der Waals surface area contributed by atoms with Crippen molar-refractivity contribution < 1.29 is 9.53 Å². The molecule has 4 heteroatoms. The second kappa shape index (κ2) is 4.96. The lowest BCUT2D eigenvalue weighted by Crippen LogP contribution is -2.47. The summed E-state index contributed by atoms with van der Waals surface area (Å²) < 4.78 is 5.56. The molecule has 0 aromatic heterocycles. The van der Waals surface area contributed by atoms with Crippen molar-refractivity contribution in [3.05, 3.63) is 0 Å². The molecule has 1 saturated heterocycles. The van der Waals surface area contributed by atoms with Crippen LogP contribution in [0.2, 0.25) is 0 Å². The van der Waals surface area contributed by atoms with Gasteiger partial charge in [-0.05, 0) is 5.92 Å². The molecule has 1 heterocycles. The Morgan fingerprint density at radius 3 is 2.92 bits per heavy atom. The van der Waals surface area contributed by atoms with Gasteiger partial charge in [-0.2, -0.15) is 0 Å². The summed E-state index contributed by atoms with van der Waals surface area (Å²) in [5, 5.41) is 0.414. The Hall–Kier alpha value is -0.0900. The summed E-state index contributed by atoms with van der Waals surface area (Å²) in [7, 11) is 0. The van der Waals surface area contributed by atoms with Crippen LogP contribution in [0.25, 0.3) is 0 Å². The number of carbonyl (C=O) groups is 1. The molecule has 0 N–H and O–H groups in total. The summed E-state index contributed by atoms with van der Waals surface area (Å²) in [6.45, 7) is 6.37. The van der Waals surface area contributed by atoms with E-state index in [1.165, 1.54) is 0 Å². The van der Waals surface area contributed by atoms with Crippen LogP contribution in [-0.2, 0) is 9.53 Å². The Morgan fingerprint density at radius 2 is 2.38 bits per heavy atom. The fraction of sp³-hybridized carbons (Fsp3) is 0.889. The van der Waals surface area contributed by atoms with E-state index in [1.54, 1.807) is 0 Å². The van der Waals surface area contributed by atoms with Crippen molar-refractivity contribution in [1.29, 1.82) is 0 Å². The van der Waals surface area contributed by atoms with Gasteiger partial charge in [0.15, 0.2) is 0 Å². The molecule has 0 bridgehead atoms. The molecular weight excluding hydrogens is 234 g/mol. The zero-order chi connectivity index (χ0) is 9.84. The van der Waals surface area contributed by atoms with Gasteiger partial charge in [0.05, 0.1) is 18.0 Å². The average Bonchev–Trinajstić information content (AvgIpc) is 2.17. The third-order valence-corrected chi connectivity index (χ3v) is 2.78. The number of morpholine rings is 1. The molecule has 0 aliphatic carbocycles. The van der Waals surface area contributed by atoms with Crippen LogP contribution in [-0.4, -0.2) is 41.9 Å². The van der Waals surface area contributed by atoms with Crippen molar-refractivity contribution in [3.63, 3.8) is 0 Å². The third kappa shape index (κ3) is 2.95. The van der Waals surface area contributed by atoms with Gasteiger partial charge in [0.2, 0.25) is 5.91 Å². The van der Waals surface area contributed by atoms with Crippen molar-refractivity contribution >= 4 is 21.8 Å². The first kappa shape index (κ1) is 11.0. The number of ether oxygens (including phenoxy) is 1. The third-order valence-electron chi connectivity index (χ3n) is 2.30. The number of amides is 1. The van der Waals surface area contributed by atoms with Gasteiger partial charge < -0.3 is 9.64 Å². The number of nitrogens with zero attached hydrogens (tertiary/aromatic N) is 1. The molecule has 76 valence electrons. The van der Waals surface area contributed by atoms with Crippen molar-refractivity contribution in [2.75, 3.05) is 25.0 Å². The first-order valence-electron chi connectivity index (χ1n) is 4.60. The normalized spacial score (nSPS) is 23.7. The van der Waals surface area contributed by atoms with Crippen LogP contribution in [0.3, 0.4) is 0 Å². The van der Waals surface area contributed by atoms with Crippen LogP contribution >= 0.6 is 15.9 Å². The van der Waals surface area contributed by atoms with Crippen LogP contribution < -0.4 is 0 Å². The zero-order valence-electron chi connectivity index (χ0n) is 8.12. The van der Waals surface area contributed by atoms with E-state index in [-0.39, 0.29) is 12.0 Å². The number of alkyl halides is 1. The van der Waals surface area contributed by atoms with E-state index in [1.807, 2.05) is 4.90 Å². The van der Waals surface area contributed by atoms with Crippen LogP contribution in [0.15, 0.2) is 0 Å². The highest BCUT2D eigenvalue weighted by Crippen LogP contribution is 2.13. The predicted molar refractivity (Wildman–Crippen MR) is 55.0 cm³/mol. The van der Waals surface area contributed by atoms with E-state index in [0.717, 1.165) is 13.1 Å². The molecule has 1 aliphatic rings. The Morgan fingerprint density at radius 1 is 1.69 bits per heavy atom. The molecule has 1 atom stereocenters. The minimum Gasteiger partial charge on any atom is -0.374 e. The Labute approximate surface area is 87.6 Å². The van der Waals surface area contributed by atoms with Crippen LogP contribution in [0.4, 0.5) is 0 Å². The molecule has 0 radical (unpaired) electrons. The lowest BCUT2D eigenvalue weighted by molar-refractivity contribution is -0.137. The smallest absolute Gasteiger partial charge is 0.233 e. The van der Waals surface area contributed by atoms with E-state index in [4.69, 9.17) is 4.74 Å². The topological polar surface area (TPSA) is 29.5 Å². The van der Waals surface area contributed by atoms with Crippen molar-refractivity contribution in [2.24, 2.45) is 5.92 Å². The quantitative estimate of drug-likeness (QED) is 0.690. The van der Waals surface area contributed by atoms with Gasteiger partial charge in [0.25, 0.3) is 0 Å². The monoisotopic (exact) mass is 249 g/mol.